The van der Waals surface area contributed by atoms with Crippen LogP contribution in [0.1, 0.15) is 46.7 Å². The zero-order chi connectivity index (χ0) is 25.6. The molecular formula is C32H34N2O3. The van der Waals surface area contributed by atoms with E-state index in [0.717, 1.165) is 54.6 Å². The van der Waals surface area contributed by atoms with Gasteiger partial charge in [0.25, 0.3) is 0 Å². The molecule has 190 valence electrons. The Morgan fingerprint density at radius 1 is 0.919 bits per heavy atom. The van der Waals surface area contributed by atoms with E-state index < -0.39 is 0 Å². The molecule has 1 saturated carbocycles. The summed E-state index contributed by atoms with van der Waals surface area (Å²) in [5.74, 6) is 0.656. The zero-order valence-corrected chi connectivity index (χ0v) is 21.1. The summed E-state index contributed by atoms with van der Waals surface area (Å²) in [6.07, 6.45) is 4.78. The number of benzene rings is 3. The maximum Gasteiger partial charge on any atom is 0.410 e. The number of ketones is 1. The maximum absolute atomic E-state index is 12.8. The lowest BCUT2D eigenvalue weighted by Crippen LogP contribution is -2.45. The number of amides is 1. The molecule has 2 unspecified atom stereocenters. The summed E-state index contributed by atoms with van der Waals surface area (Å²) in [6.45, 7) is 5.29. The predicted octanol–water partition coefficient (Wildman–Crippen LogP) is 6.01. The van der Waals surface area contributed by atoms with Crippen molar-refractivity contribution in [3.63, 3.8) is 0 Å². The van der Waals surface area contributed by atoms with Crippen LogP contribution in [0, 0.1) is 0 Å². The molecule has 5 heteroatoms. The number of hydrogen-bond acceptors (Lipinski definition) is 4. The van der Waals surface area contributed by atoms with Gasteiger partial charge in [-0.1, -0.05) is 91.5 Å². The molecular weight excluding hydrogens is 460 g/mol. The summed E-state index contributed by atoms with van der Waals surface area (Å²) < 4.78 is 5.14. The van der Waals surface area contributed by atoms with Crippen molar-refractivity contribution < 1.29 is 14.3 Å². The lowest BCUT2D eigenvalue weighted by molar-refractivity contribution is 0.0986. The van der Waals surface area contributed by atoms with E-state index in [0.29, 0.717) is 24.4 Å². The quantitative estimate of drug-likeness (QED) is 0.292. The zero-order valence-electron chi connectivity index (χ0n) is 21.1. The molecule has 5 rings (SSSR count). The fourth-order valence-corrected chi connectivity index (χ4v) is 5.15. The molecule has 0 aromatic heterocycles. The van der Waals surface area contributed by atoms with Gasteiger partial charge in [0.15, 0.2) is 5.78 Å². The van der Waals surface area contributed by atoms with Crippen molar-refractivity contribution in [2.45, 2.75) is 43.7 Å². The second kappa shape index (κ2) is 11.6. The van der Waals surface area contributed by atoms with Crippen LogP contribution < -0.4 is 5.32 Å². The van der Waals surface area contributed by atoms with Crippen LogP contribution in [0.4, 0.5) is 4.79 Å². The van der Waals surface area contributed by atoms with Crippen molar-refractivity contribution in [1.29, 1.82) is 0 Å². The van der Waals surface area contributed by atoms with Gasteiger partial charge in [-0.25, -0.2) is 4.79 Å². The number of likely N-dealkylation sites (tertiary alicyclic amines) is 1. The Hall–Kier alpha value is -3.70. The number of piperidine rings is 1. The van der Waals surface area contributed by atoms with E-state index in [2.05, 4.69) is 48.3 Å². The monoisotopic (exact) mass is 494 g/mol. The van der Waals surface area contributed by atoms with Crippen LogP contribution in [0.2, 0.25) is 0 Å². The van der Waals surface area contributed by atoms with Crippen molar-refractivity contribution in [3.8, 4) is 11.1 Å². The minimum atomic E-state index is -0.245. The van der Waals surface area contributed by atoms with Crippen molar-refractivity contribution in [3.05, 3.63) is 108 Å². The molecule has 1 amide bonds. The Morgan fingerprint density at radius 3 is 2.27 bits per heavy atom. The maximum atomic E-state index is 12.8. The van der Waals surface area contributed by atoms with Crippen molar-refractivity contribution >= 4 is 11.9 Å². The SMILES string of the molecule is C=CCOC(=O)N1CCC(NC2CC2c2ccc(CC(=O)c3ccc(-c4ccccc4)cc3)cc2)CC1. The van der Waals surface area contributed by atoms with E-state index in [4.69, 9.17) is 4.74 Å². The Balaban J connectivity index is 1.08. The predicted molar refractivity (Wildman–Crippen MR) is 147 cm³/mol. The molecule has 1 saturated heterocycles. The summed E-state index contributed by atoms with van der Waals surface area (Å²) in [7, 11) is 0. The molecule has 1 aliphatic heterocycles. The van der Waals surface area contributed by atoms with E-state index in [1.165, 1.54) is 5.56 Å². The van der Waals surface area contributed by atoms with Gasteiger partial charge in [0.2, 0.25) is 0 Å². The van der Waals surface area contributed by atoms with E-state index in [1.54, 1.807) is 11.0 Å². The number of carbonyl (C=O) groups excluding carboxylic acids is 2. The first kappa shape index (κ1) is 25.0. The standard InChI is InChI=1S/C32H34N2O3/c1-2-20-37-32(36)34-18-16-28(17-19-34)33-30-22-29(30)26-10-8-23(9-11-26)21-31(35)27-14-12-25(13-15-27)24-6-4-3-5-7-24/h2-15,28-30,33H,1,16-22H2. The summed E-state index contributed by atoms with van der Waals surface area (Å²) in [4.78, 5) is 26.6. The second-order valence-electron chi connectivity index (χ2n) is 10.0. The smallest absolute Gasteiger partial charge is 0.410 e. The highest BCUT2D eigenvalue weighted by Crippen LogP contribution is 2.41. The molecule has 1 aliphatic carbocycles. The molecule has 37 heavy (non-hydrogen) atoms. The van der Waals surface area contributed by atoms with Crippen molar-refractivity contribution in [2.24, 2.45) is 0 Å². The Morgan fingerprint density at radius 2 is 1.59 bits per heavy atom. The average molecular weight is 495 g/mol. The van der Waals surface area contributed by atoms with E-state index in [1.807, 2.05) is 42.5 Å². The molecule has 1 heterocycles. The normalized spacial score (nSPS) is 19.3. The van der Waals surface area contributed by atoms with Crippen LogP contribution in [0.3, 0.4) is 0 Å². The van der Waals surface area contributed by atoms with Gasteiger partial charge in [-0.2, -0.15) is 0 Å². The highest BCUT2D eigenvalue weighted by molar-refractivity contribution is 5.97. The average Bonchev–Trinajstić information content (AvgIpc) is 3.72. The summed E-state index contributed by atoms with van der Waals surface area (Å²) in [5, 5.41) is 3.78. The van der Waals surface area contributed by atoms with Crippen LogP contribution in [0.25, 0.3) is 11.1 Å². The van der Waals surface area contributed by atoms with Crippen LogP contribution in [-0.4, -0.2) is 48.6 Å². The lowest BCUT2D eigenvalue weighted by Gasteiger charge is -2.31. The third-order valence-corrected chi connectivity index (χ3v) is 7.40. The second-order valence-corrected chi connectivity index (χ2v) is 10.0. The molecule has 0 bridgehead atoms. The third kappa shape index (κ3) is 6.36. The number of nitrogens with one attached hydrogen (secondary N) is 1. The molecule has 2 aliphatic rings. The summed E-state index contributed by atoms with van der Waals surface area (Å²) in [5.41, 5.74) is 5.38. The van der Waals surface area contributed by atoms with Gasteiger partial charge in [-0.15, -0.1) is 0 Å². The first-order valence-corrected chi connectivity index (χ1v) is 13.2. The fourth-order valence-electron chi connectivity index (χ4n) is 5.15. The van der Waals surface area contributed by atoms with E-state index in [-0.39, 0.29) is 18.5 Å². The number of hydrogen-bond donors (Lipinski definition) is 1. The molecule has 0 spiro atoms. The van der Waals surface area contributed by atoms with Gasteiger partial charge < -0.3 is 15.0 Å². The van der Waals surface area contributed by atoms with Gasteiger partial charge in [-0.05, 0) is 41.5 Å². The Bertz CT molecular complexity index is 1210. The topological polar surface area (TPSA) is 58.6 Å². The molecule has 2 fully saturated rings. The molecule has 1 N–H and O–H groups in total. The Labute approximate surface area is 219 Å². The van der Waals surface area contributed by atoms with Crippen LogP contribution >= 0.6 is 0 Å². The highest BCUT2D eigenvalue weighted by atomic mass is 16.6. The first-order valence-electron chi connectivity index (χ1n) is 13.2. The van der Waals surface area contributed by atoms with E-state index in [9.17, 15) is 9.59 Å². The first-order chi connectivity index (χ1) is 18.1. The van der Waals surface area contributed by atoms with Gasteiger partial charge in [-0.3, -0.25) is 4.79 Å². The van der Waals surface area contributed by atoms with Gasteiger partial charge in [0.05, 0.1) is 0 Å². The van der Waals surface area contributed by atoms with E-state index >= 15 is 0 Å². The number of ether oxygens (including phenoxy) is 1. The lowest BCUT2D eigenvalue weighted by atomic mass is 9.98. The van der Waals surface area contributed by atoms with Gasteiger partial charge >= 0.3 is 6.09 Å². The molecule has 0 radical (unpaired) electrons. The van der Waals surface area contributed by atoms with Crippen LogP contribution in [0.15, 0.2) is 91.5 Å². The summed E-state index contributed by atoms with van der Waals surface area (Å²) >= 11 is 0. The molecule has 3 aromatic carbocycles. The minimum absolute atomic E-state index is 0.137. The van der Waals surface area contributed by atoms with Crippen LogP contribution in [0.5, 0.6) is 0 Å². The largest absolute Gasteiger partial charge is 0.445 e. The number of carbonyl (C=O) groups is 2. The molecule has 2 atom stereocenters. The van der Waals surface area contributed by atoms with Crippen molar-refractivity contribution in [1.82, 2.24) is 10.2 Å². The van der Waals surface area contributed by atoms with Gasteiger partial charge in [0, 0.05) is 43.1 Å². The fraction of sp³-hybridized carbons (Fsp3) is 0.312. The number of nitrogens with zero attached hydrogens (tertiary/aromatic N) is 1. The molecule has 5 nitrogen and oxygen atoms in total. The highest BCUT2D eigenvalue weighted by Gasteiger charge is 2.40. The van der Waals surface area contributed by atoms with Crippen LogP contribution in [-0.2, 0) is 11.2 Å². The summed E-state index contributed by atoms with van der Waals surface area (Å²) in [6, 6.07) is 27.5. The third-order valence-electron chi connectivity index (χ3n) is 7.40. The number of rotatable bonds is 9. The number of Topliss-reactive ketones (excluding diaryl/α,β-unsaturated/α-hetero) is 1. The van der Waals surface area contributed by atoms with Crippen molar-refractivity contribution in [2.75, 3.05) is 19.7 Å². The minimum Gasteiger partial charge on any atom is -0.445 e. The van der Waals surface area contributed by atoms with Gasteiger partial charge in [0.1, 0.15) is 6.61 Å². The molecule has 3 aromatic rings. The Kier molecular flexibility index (Phi) is 7.81.